The Balaban J connectivity index is 3.21. The van der Waals surface area contributed by atoms with Crippen molar-refractivity contribution in [3.05, 3.63) is 34.9 Å². The first-order valence-electron chi connectivity index (χ1n) is 5.09. The second-order valence-electron chi connectivity index (χ2n) is 4.41. The number of benzene rings is 1. The molecule has 1 aromatic rings. The fourth-order valence-electron chi connectivity index (χ4n) is 1.40. The molecule has 0 saturated heterocycles. The number of rotatable bonds is 2. The van der Waals surface area contributed by atoms with Crippen LogP contribution >= 0.6 is 0 Å². The summed E-state index contributed by atoms with van der Waals surface area (Å²) >= 11 is 0. The van der Waals surface area contributed by atoms with Gasteiger partial charge in [-0.05, 0) is 36.0 Å². The van der Waals surface area contributed by atoms with Crippen LogP contribution < -0.4 is 0 Å². The highest BCUT2D eigenvalue weighted by atomic mass is 14.2. The molecule has 0 atom stereocenters. The molecule has 0 nitrogen and oxygen atoms in total. The summed E-state index contributed by atoms with van der Waals surface area (Å²) in [4.78, 5) is 0. The van der Waals surface area contributed by atoms with Crippen molar-refractivity contribution in [2.75, 3.05) is 0 Å². The van der Waals surface area contributed by atoms with Gasteiger partial charge in [0.1, 0.15) is 0 Å². The summed E-state index contributed by atoms with van der Waals surface area (Å²) < 4.78 is 0. The predicted molar refractivity (Wildman–Crippen MR) is 62.4 cm³/mol. The molecule has 74 valence electrons. The molecule has 0 aliphatic heterocycles. The fourth-order valence-corrected chi connectivity index (χ4v) is 1.40. The van der Waals surface area contributed by atoms with Gasteiger partial charge >= 0.3 is 0 Å². The van der Waals surface area contributed by atoms with Crippen molar-refractivity contribution < 1.29 is 0 Å². The van der Waals surface area contributed by atoms with Gasteiger partial charge in [-0.1, -0.05) is 38.8 Å². The first-order chi connectivity index (χ1) is 6.51. The average Bonchev–Trinajstić information content (AvgIpc) is 2.18. The lowest BCUT2D eigenvalue weighted by molar-refractivity contribution is 0.506. The highest BCUT2D eigenvalue weighted by Crippen LogP contribution is 2.27. The monoisotopic (exact) mass is 186 g/mol. The minimum atomic E-state index is 0.222. The van der Waals surface area contributed by atoms with Gasteiger partial charge in [0.15, 0.2) is 0 Å². The zero-order valence-corrected chi connectivity index (χ0v) is 9.52. The molecule has 0 heterocycles. The summed E-state index contributed by atoms with van der Waals surface area (Å²) in [5, 5.41) is 0. The van der Waals surface area contributed by atoms with Gasteiger partial charge in [-0.3, -0.25) is 0 Å². The molecule has 0 heteroatoms. The van der Waals surface area contributed by atoms with E-state index in [9.17, 15) is 0 Å². The summed E-state index contributed by atoms with van der Waals surface area (Å²) in [7, 11) is 0. The van der Waals surface area contributed by atoms with Crippen LogP contribution in [0.25, 0.3) is 0 Å². The number of hydrogen-bond acceptors (Lipinski definition) is 0. The molecule has 0 aromatic heterocycles. The van der Waals surface area contributed by atoms with Crippen LogP contribution in [0, 0.1) is 19.3 Å². The van der Waals surface area contributed by atoms with Crippen molar-refractivity contribution >= 4 is 0 Å². The largest absolute Gasteiger partial charge is 0.115 e. The molecule has 0 fully saturated rings. The van der Waals surface area contributed by atoms with Crippen LogP contribution in [0.2, 0.25) is 0 Å². The lowest BCUT2D eigenvalue weighted by Crippen LogP contribution is -2.15. The Kier molecular flexibility index (Phi) is 3.01. The van der Waals surface area contributed by atoms with Gasteiger partial charge in [0, 0.05) is 5.56 Å². The van der Waals surface area contributed by atoms with E-state index in [0.29, 0.717) is 0 Å². The molecule has 0 amide bonds. The Morgan fingerprint density at radius 1 is 1.36 bits per heavy atom. The van der Waals surface area contributed by atoms with Crippen LogP contribution in [0.3, 0.4) is 0 Å². The molecule has 1 aromatic carbocycles. The predicted octanol–water partition coefficient (Wildman–Crippen LogP) is 3.66. The Labute approximate surface area is 87.4 Å². The smallest absolute Gasteiger partial charge is 0.0274 e. The number of terminal acetylenes is 1. The normalized spacial score (nSPS) is 11.1. The summed E-state index contributed by atoms with van der Waals surface area (Å²) in [5.74, 6) is 2.73. The SMILES string of the molecule is C#Cc1cc(C(C)(C)CC)ccc1C. The van der Waals surface area contributed by atoms with Gasteiger partial charge < -0.3 is 0 Å². The molecule has 0 N–H and O–H groups in total. The van der Waals surface area contributed by atoms with Crippen LogP contribution in [-0.2, 0) is 5.41 Å². The van der Waals surface area contributed by atoms with Crippen molar-refractivity contribution in [2.45, 2.75) is 39.5 Å². The lowest BCUT2D eigenvalue weighted by atomic mass is 9.81. The Morgan fingerprint density at radius 2 is 2.00 bits per heavy atom. The second-order valence-corrected chi connectivity index (χ2v) is 4.41. The molecule has 0 spiro atoms. The molecular formula is C14H18. The third kappa shape index (κ3) is 1.99. The molecule has 0 unspecified atom stereocenters. The topological polar surface area (TPSA) is 0 Å². The van der Waals surface area contributed by atoms with Crippen molar-refractivity contribution in [2.24, 2.45) is 0 Å². The molecule has 0 aliphatic carbocycles. The lowest BCUT2D eigenvalue weighted by Gasteiger charge is -2.23. The van der Waals surface area contributed by atoms with Gasteiger partial charge in [0.25, 0.3) is 0 Å². The van der Waals surface area contributed by atoms with E-state index in [0.717, 1.165) is 12.0 Å². The Bertz CT molecular complexity index is 364. The van der Waals surface area contributed by atoms with E-state index >= 15 is 0 Å². The molecule has 0 saturated carbocycles. The van der Waals surface area contributed by atoms with Crippen molar-refractivity contribution in [1.29, 1.82) is 0 Å². The third-order valence-electron chi connectivity index (χ3n) is 3.06. The van der Waals surface area contributed by atoms with Gasteiger partial charge in [-0.15, -0.1) is 6.42 Å². The first kappa shape index (κ1) is 10.9. The van der Waals surface area contributed by atoms with Crippen molar-refractivity contribution in [3.8, 4) is 12.3 Å². The maximum absolute atomic E-state index is 5.45. The van der Waals surface area contributed by atoms with Gasteiger partial charge in [-0.2, -0.15) is 0 Å². The van der Waals surface area contributed by atoms with Gasteiger partial charge in [0.05, 0.1) is 0 Å². The van der Waals surface area contributed by atoms with Crippen LogP contribution in [0.5, 0.6) is 0 Å². The molecule has 0 radical (unpaired) electrons. The highest BCUT2D eigenvalue weighted by molar-refractivity contribution is 5.43. The first-order valence-corrected chi connectivity index (χ1v) is 5.09. The van der Waals surface area contributed by atoms with E-state index in [1.165, 1.54) is 11.1 Å². The average molecular weight is 186 g/mol. The quantitative estimate of drug-likeness (QED) is 0.618. The van der Waals surface area contributed by atoms with E-state index < -0.39 is 0 Å². The Hall–Kier alpha value is -1.22. The highest BCUT2D eigenvalue weighted by Gasteiger charge is 2.18. The van der Waals surface area contributed by atoms with Crippen LogP contribution in [0.1, 0.15) is 43.9 Å². The molecular weight excluding hydrogens is 168 g/mol. The van der Waals surface area contributed by atoms with Crippen LogP contribution in [0.4, 0.5) is 0 Å². The minimum Gasteiger partial charge on any atom is -0.115 e. The van der Waals surface area contributed by atoms with E-state index in [-0.39, 0.29) is 5.41 Å². The zero-order valence-electron chi connectivity index (χ0n) is 9.52. The maximum Gasteiger partial charge on any atom is 0.0274 e. The maximum atomic E-state index is 5.45. The van der Waals surface area contributed by atoms with Crippen molar-refractivity contribution in [1.82, 2.24) is 0 Å². The summed E-state index contributed by atoms with van der Waals surface area (Å²) in [5.41, 5.74) is 3.75. The summed E-state index contributed by atoms with van der Waals surface area (Å²) in [6, 6.07) is 6.43. The van der Waals surface area contributed by atoms with E-state index in [2.05, 4.69) is 51.8 Å². The fraction of sp³-hybridized carbons (Fsp3) is 0.429. The third-order valence-corrected chi connectivity index (χ3v) is 3.06. The molecule has 1 rings (SSSR count). The van der Waals surface area contributed by atoms with E-state index in [1.54, 1.807) is 0 Å². The van der Waals surface area contributed by atoms with Crippen LogP contribution in [0.15, 0.2) is 18.2 Å². The minimum absolute atomic E-state index is 0.222. The Morgan fingerprint density at radius 3 is 2.50 bits per heavy atom. The van der Waals surface area contributed by atoms with Crippen LogP contribution in [-0.4, -0.2) is 0 Å². The number of hydrogen-bond donors (Lipinski definition) is 0. The van der Waals surface area contributed by atoms with Gasteiger partial charge in [-0.25, -0.2) is 0 Å². The molecule has 0 bridgehead atoms. The molecule has 14 heavy (non-hydrogen) atoms. The summed E-state index contributed by atoms with van der Waals surface area (Å²) in [6.45, 7) is 8.75. The van der Waals surface area contributed by atoms with Crippen molar-refractivity contribution in [3.63, 3.8) is 0 Å². The second kappa shape index (κ2) is 3.88. The summed E-state index contributed by atoms with van der Waals surface area (Å²) in [6.07, 6.45) is 6.58. The van der Waals surface area contributed by atoms with Gasteiger partial charge in [0.2, 0.25) is 0 Å². The number of aryl methyl sites for hydroxylation is 1. The molecule has 0 aliphatic rings. The zero-order chi connectivity index (χ0) is 10.8. The van der Waals surface area contributed by atoms with E-state index in [4.69, 9.17) is 6.42 Å². The van der Waals surface area contributed by atoms with E-state index in [1.807, 2.05) is 0 Å². The standard InChI is InChI=1S/C14H18/c1-6-12-10-13(9-8-11(12)3)14(4,5)7-2/h1,8-10H,7H2,2-5H3.